The lowest BCUT2D eigenvalue weighted by molar-refractivity contribution is -0.144. The van der Waals surface area contributed by atoms with Crippen molar-refractivity contribution in [2.45, 2.75) is 13.0 Å². The molecule has 2 aromatic rings. The minimum atomic E-state index is -0.810. The van der Waals surface area contributed by atoms with E-state index in [2.05, 4.69) is 0 Å². The van der Waals surface area contributed by atoms with Gasteiger partial charge in [-0.25, -0.2) is 0 Å². The Hall–Kier alpha value is -2.07. The summed E-state index contributed by atoms with van der Waals surface area (Å²) in [5.74, 6) is 0.394. The molecule has 0 amide bonds. The lowest BCUT2D eigenvalue weighted by Crippen LogP contribution is -2.10. The van der Waals surface area contributed by atoms with Gasteiger partial charge in [0.2, 0.25) is 0 Å². The van der Waals surface area contributed by atoms with Crippen LogP contribution in [0.5, 0.6) is 5.75 Å². The molecule has 0 saturated heterocycles. The predicted octanol–water partition coefficient (Wildman–Crippen LogP) is 2.44. The van der Waals surface area contributed by atoms with E-state index in [1.807, 2.05) is 36.4 Å². The molecule has 0 aliphatic carbocycles. The Morgan fingerprint density at radius 1 is 1.21 bits per heavy atom. The number of carbonyl (C=O) groups excluding carboxylic acids is 1. The average Bonchev–Trinajstić information content (AvgIpc) is 2.43. The van der Waals surface area contributed by atoms with Gasteiger partial charge in [0.15, 0.2) is 0 Å². The van der Waals surface area contributed by atoms with Gasteiger partial charge in [-0.1, -0.05) is 18.2 Å². The largest absolute Gasteiger partial charge is 0.497 e. The Morgan fingerprint density at radius 2 is 1.89 bits per heavy atom. The van der Waals surface area contributed by atoms with Crippen LogP contribution in [0.3, 0.4) is 0 Å². The minimum Gasteiger partial charge on any atom is -0.497 e. The van der Waals surface area contributed by atoms with Gasteiger partial charge in [-0.3, -0.25) is 4.79 Å². The van der Waals surface area contributed by atoms with Crippen molar-refractivity contribution in [3.8, 4) is 5.75 Å². The van der Waals surface area contributed by atoms with Gasteiger partial charge in [0, 0.05) is 6.92 Å². The fourth-order valence-electron chi connectivity index (χ4n) is 1.87. The molecule has 2 aromatic carbocycles. The number of hydrogen-bond donors (Lipinski definition) is 1. The smallest absolute Gasteiger partial charge is 0.302 e. The lowest BCUT2D eigenvalue weighted by Gasteiger charge is -2.12. The summed E-state index contributed by atoms with van der Waals surface area (Å²) in [4.78, 5) is 10.7. The summed E-state index contributed by atoms with van der Waals surface area (Å²) in [6, 6.07) is 11.3. The molecular weight excluding hydrogens is 244 g/mol. The zero-order chi connectivity index (χ0) is 13.8. The van der Waals surface area contributed by atoms with E-state index in [0.29, 0.717) is 0 Å². The molecule has 1 atom stereocenters. The zero-order valence-corrected chi connectivity index (χ0v) is 10.9. The standard InChI is InChI=1S/C15H16O4/c1-10(16)19-9-15(17)13-4-3-12-8-14(18-2)6-5-11(12)7-13/h3-8,15,17H,9H2,1-2H3/t15-/m1/s1. The number of fused-ring (bicyclic) bond motifs is 1. The number of aliphatic hydroxyl groups is 1. The summed E-state index contributed by atoms with van der Waals surface area (Å²) in [6.07, 6.45) is -0.810. The van der Waals surface area contributed by atoms with Crippen molar-refractivity contribution in [2.24, 2.45) is 0 Å². The highest BCUT2D eigenvalue weighted by atomic mass is 16.5. The Kier molecular flexibility index (Phi) is 4.02. The zero-order valence-electron chi connectivity index (χ0n) is 10.9. The minimum absolute atomic E-state index is 0.0308. The summed E-state index contributed by atoms with van der Waals surface area (Å²) in [5, 5.41) is 12.0. The third kappa shape index (κ3) is 3.23. The molecule has 0 bridgehead atoms. The maximum atomic E-state index is 10.7. The van der Waals surface area contributed by atoms with Gasteiger partial charge in [0.1, 0.15) is 18.5 Å². The van der Waals surface area contributed by atoms with Crippen molar-refractivity contribution in [2.75, 3.05) is 13.7 Å². The molecule has 4 nitrogen and oxygen atoms in total. The normalized spacial score (nSPS) is 12.2. The van der Waals surface area contributed by atoms with Crippen LogP contribution in [-0.4, -0.2) is 24.8 Å². The highest BCUT2D eigenvalue weighted by molar-refractivity contribution is 5.84. The quantitative estimate of drug-likeness (QED) is 0.858. The molecule has 0 aromatic heterocycles. The maximum Gasteiger partial charge on any atom is 0.302 e. The van der Waals surface area contributed by atoms with Crippen LogP contribution < -0.4 is 4.74 Å². The van der Waals surface area contributed by atoms with Gasteiger partial charge in [-0.15, -0.1) is 0 Å². The van der Waals surface area contributed by atoms with Gasteiger partial charge in [0.05, 0.1) is 7.11 Å². The molecule has 0 heterocycles. The fraction of sp³-hybridized carbons (Fsp3) is 0.267. The van der Waals surface area contributed by atoms with E-state index >= 15 is 0 Å². The predicted molar refractivity (Wildman–Crippen MR) is 72.1 cm³/mol. The summed E-state index contributed by atoms with van der Waals surface area (Å²) < 4.78 is 9.96. The molecule has 0 aliphatic heterocycles. The first kappa shape index (κ1) is 13.4. The van der Waals surface area contributed by atoms with E-state index in [4.69, 9.17) is 9.47 Å². The highest BCUT2D eigenvalue weighted by Crippen LogP contribution is 2.24. The third-order valence-corrected chi connectivity index (χ3v) is 2.90. The van der Waals surface area contributed by atoms with Crippen LogP contribution in [0, 0.1) is 0 Å². The van der Waals surface area contributed by atoms with Crippen molar-refractivity contribution in [1.29, 1.82) is 0 Å². The number of aliphatic hydroxyl groups excluding tert-OH is 1. The molecule has 0 spiro atoms. The number of carbonyl (C=O) groups is 1. The van der Waals surface area contributed by atoms with E-state index < -0.39 is 12.1 Å². The molecule has 0 fully saturated rings. The number of methoxy groups -OCH3 is 1. The van der Waals surface area contributed by atoms with Crippen LogP contribution in [0.4, 0.5) is 0 Å². The molecule has 0 unspecified atom stereocenters. The van der Waals surface area contributed by atoms with Gasteiger partial charge in [-0.05, 0) is 34.5 Å². The van der Waals surface area contributed by atoms with Crippen LogP contribution in [0.25, 0.3) is 10.8 Å². The number of esters is 1. The molecule has 100 valence electrons. The first-order valence-corrected chi connectivity index (χ1v) is 5.99. The van der Waals surface area contributed by atoms with Gasteiger partial charge in [-0.2, -0.15) is 0 Å². The van der Waals surface area contributed by atoms with Gasteiger partial charge >= 0.3 is 5.97 Å². The van der Waals surface area contributed by atoms with E-state index in [1.54, 1.807) is 7.11 Å². The SMILES string of the molecule is COc1ccc2cc([C@H](O)COC(C)=O)ccc2c1. The van der Waals surface area contributed by atoms with Crippen molar-refractivity contribution in [3.05, 3.63) is 42.0 Å². The first-order chi connectivity index (χ1) is 9.10. The van der Waals surface area contributed by atoms with E-state index in [0.717, 1.165) is 22.1 Å². The second kappa shape index (κ2) is 5.71. The molecule has 0 saturated carbocycles. The summed E-state index contributed by atoms with van der Waals surface area (Å²) in [5.41, 5.74) is 0.721. The Morgan fingerprint density at radius 3 is 2.58 bits per heavy atom. The van der Waals surface area contributed by atoms with Crippen LogP contribution in [-0.2, 0) is 9.53 Å². The summed E-state index contributed by atoms with van der Waals surface area (Å²) in [6.45, 7) is 1.29. The molecule has 1 N–H and O–H groups in total. The van der Waals surface area contributed by atoms with E-state index in [1.165, 1.54) is 6.92 Å². The van der Waals surface area contributed by atoms with Crippen LogP contribution in [0.15, 0.2) is 36.4 Å². The highest BCUT2D eigenvalue weighted by Gasteiger charge is 2.10. The monoisotopic (exact) mass is 260 g/mol. The Bertz CT molecular complexity index is 592. The van der Waals surface area contributed by atoms with Crippen LogP contribution in [0.2, 0.25) is 0 Å². The number of benzene rings is 2. The van der Waals surface area contributed by atoms with Gasteiger partial charge < -0.3 is 14.6 Å². The number of ether oxygens (including phenoxy) is 2. The molecule has 4 heteroatoms. The van der Waals surface area contributed by atoms with E-state index in [9.17, 15) is 9.90 Å². The Labute approximate surface area is 111 Å². The van der Waals surface area contributed by atoms with Crippen LogP contribution >= 0.6 is 0 Å². The average molecular weight is 260 g/mol. The fourth-order valence-corrected chi connectivity index (χ4v) is 1.87. The second-order valence-electron chi connectivity index (χ2n) is 4.29. The van der Waals surface area contributed by atoms with Crippen molar-refractivity contribution < 1.29 is 19.4 Å². The molecule has 0 radical (unpaired) electrons. The third-order valence-electron chi connectivity index (χ3n) is 2.90. The number of hydrogen-bond acceptors (Lipinski definition) is 4. The molecule has 19 heavy (non-hydrogen) atoms. The van der Waals surface area contributed by atoms with E-state index in [-0.39, 0.29) is 6.61 Å². The van der Waals surface area contributed by atoms with Crippen molar-refractivity contribution in [1.82, 2.24) is 0 Å². The molecular formula is C15H16O4. The second-order valence-corrected chi connectivity index (χ2v) is 4.29. The first-order valence-electron chi connectivity index (χ1n) is 5.99. The summed E-state index contributed by atoms with van der Waals surface area (Å²) in [7, 11) is 1.62. The molecule has 0 aliphatic rings. The summed E-state index contributed by atoms with van der Waals surface area (Å²) >= 11 is 0. The van der Waals surface area contributed by atoms with Crippen molar-refractivity contribution in [3.63, 3.8) is 0 Å². The van der Waals surface area contributed by atoms with Crippen molar-refractivity contribution >= 4 is 16.7 Å². The topological polar surface area (TPSA) is 55.8 Å². The number of rotatable bonds is 4. The van der Waals surface area contributed by atoms with Crippen LogP contribution in [0.1, 0.15) is 18.6 Å². The maximum absolute atomic E-state index is 10.7. The molecule has 2 rings (SSSR count). The lowest BCUT2D eigenvalue weighted by atomic mass is 10.0. The van der Waals surface area contributed by atoms with Gasteiger partial charge in [0.25, 0.3) is 0 Å². The Balaban J connectivity index is 2.23.